The first kappa shape index (κ1) is 19.1. The number of furan rings is 1. The van der Waals surface area contributed by atoms with Crippen LogP contribution in [0.2, 0.25) is 0 Å². The molecule has 0 atom stereocenters. The van der Waals surface area contributed by atoms with Crippen LogP contribution in [0.3, 0.4) is 0 Å². The molecule has 0 spiro atoms. The molecule has 0 N–H and O–H groups in total. The van der Waals surface area contributed by atoms with Crippen molar-refractivity contribution >= 4 is 11.7 Å². The summed E-state index contributed by atoms with van der Waals surface area (Å²) in [6, 6.07) is 16.4. The number of ether oxygens (including phenoxy) is 1. The second-order valence-electron chi connectivity index (χ2n) is 6.37. The first-order valence-corrected chi connectivity index (χ1v) is 8.91. The number of hydrogen-bond donors (Lipinski definition) is 0. The van der Waals surface area contributed by atoms with Gasteiger partial charge < -0.3 is 13.7 Å². The van der Waals surface area contributed by atoms with E-state index in [1.807, 2.05) is 31.2 Å². The number of nitro groups is 1. The smallest absolute Gasteiger partial charge is 0.374 e. The molecule has 0 saturated carbocycles. The van der Waals surface area contributed by atoms with Crippen molar-refractivity contribution in [2.75, 3.05) is 0 Å². The maximum Gasteiger partial charge on any atom is 0.374 e. The van der Waals surface area contributed by atoms with E-state index in [4.69, 9.17) is 13.7 Å². The Morgan fingerprint density at radius 3 is 2.60 bits per heavy atom. The van der Waals surface area contributed by atoms with E-state index in [1.54, 1.807) is 6.07 Å². The minimum absolute atomic E-state index is 0.0120. The molecule has 4 rings (SSSR count). The number of nitro benzene ring substituents is 1. The fourth-order valence-electron chi connectivity index (χ4n) is 2.80. The number of nitrogens with zero attached hydrogens (tertiary/aromatic N) is 3. The maximum absolute atomic E-state index is 12.2. The standard InChI is InChI=1S/C21H15N3O6/c1-13-4-2-3-5-16(13)20-22-19(30-23-20)12-28-21(25)18-11-10-17(29-18)14-6-8-15(9-7-14)24(26)27/h2-11H,12H2,1H3. The van der Waals surface area contributed by atoms with Gasteiger partial charge in [-0.15, -0.1) is 0 Å². The summed E-state index contributed by atoms with van der Waals surface area (Å²) in [7, 11) is 0. The van der Waals surface area contributed by atoms with Gasteiger partial charge >= 0.3 is 5.97 Å². The van der Waals surface area contributed by atoms with E-state index >= 15 is 0 Å². The van der Waals surface area contributed by atoms with Crippen LogP contribution < -0.4 is 0 Å². The average molecular weight is 405 g/mol. The molecule has 0 saturated heterocycles. The van der Waals surface area contributed by atoms with Crippen molar-refractivity contribution in [1.29, 1.82) is 0 Å². The lowest BCUT2D eigenvalue weighted by molar-refractivity contribution is -0.384. The number of carbonyl (C=O) groups excluding carboxylic acids is 1. The summed E-state index contributed by atoms with van der Waals surface area (Å²) in [5.74, 6) is 0.249. The molecule has 0 unspecified atom stereocenters. The highest BCUT2D eigenvalue weighted by Crippen LogP contribution is 2.25. The molecule has 0 amide bonds. The number of non-ortho nitro benzene ring substituents is 1. The van der Waals surface area contributed by atoms with E-state index in [0.29, 0.717) is 17.1 Å². The van der Waals surface area contributed by atoms with E-state index in [1.165, 1.54) is 30.3 Å². The van der Waals surface area contributed by atoms with Gasteiger partial charge in [-0.2, -0.15) is 4.98 Å². The molecule has 2 heterocycles. The van der Waals surface area contributed by atoms with Gasteiger partial charge in [0.05, 0.1) is 4.92 Å². The van der Waals surface area contributed by atoms with E-state index < -0.39 is 10.9 Å². The number of benzene rings is 2. The van der Waals surface area contributed by atoms with Crippen LogP contribution in [-0.4, -0.2) is 21.0 Å². The van der Waals surface area contributed by atoms with Gasteiger partial charge in [0.2, 0.25) is 11.6 Å². The summed E-state index contributed by atoms with van der Waals surface area (Å²) in [5, 5.41) is 14.6. The summed E-state index contributed by atoms with van der Waals surface area (Å²) < 4.78 is 15.8. The second kappa shape index (κ2) is 8.00. The van der Waals surface area contributed by atoms with Crippen LogP contribution in [0.1, 0.15) is 22.0 Å². The lowest BCUT2D eigenvalue weighted by atomic mass is 10.1. The number of rotatable bonds is 6. The molecule has 0 aliphatic heterocycles. The maximum atomic E-state index is 12.2. The Morgan fingerprint density at radius 1 is 1.10 bits per heavy atom. The Morgan fingerprint density at radius 2 is 1.87 bits per heavy atom. The van der Waals surface area contributed by atoms with Crippen LogP contribution in [0, 0.1) is 17.0 Å². The largest absolute Gasteiger partial charge is 0.450 e. The molecule has 2 aromatic carbocycles. The van der Waals surface area contributed by atoms with Crippen molar-refractivity contribution in [2.45, 2.75) is 13.5 Å². The van der Waals surface area contributed by atoms with Gasteiger partial charge in [0.15, 0.2) is 6.61 Å². The first-order valence-electron chi connectivity index (χ1n) is 8.91. The molecule has 150 valence electrons. The van der Waals surface area contributed by atoms with Gasteiger partial charge in [-0.25, -0.2) is 4.79 Å². The molecule has 2 aromatic heterocycles. The van der Waals surface area contributed by atoms with Crippen molar-refractivity contribution in [3.05, 3.63) is 88.0 Å². The van der Waals surface area contributed by atoms with Crippen LogP contribution in [0.5, 0.6) is 0 Å². The number of aryl methyl sites for hydroxylation is 1. The number of carbonyl (C=O) groups is 1. The third-order valence-corrected chi connectivity index (χ3v) is 4.35. The average Bonchev–Trinajstić information content (AvgIpc) is 3.42. The Labute approximate surface area is 170 Å². The van der Waals surface area contributed by atoms with Gasteiger partial charge in [0.1, 0.15) is 5.76 Å². The zero-order chi connectivity index (χ0) is 21.1. The van der Waals surface area contributed by atoms with Crippen molar-refractivity contribution in [3.8, 4) is 22.7 Å². The minimum Gasteiger partial charge on any atom is -0.450 e. The third kappa shape index (κ3) is 3.95. The molecule has 4 aromatic rings. The molecule has 0 aliphatic carbocycles. The second-order valence-corrected chi connectivity index (χ2v) is 6.37. The monoisotopic (exact) mass is 405 g/mol. The number of esters is 1. The number of aromatic nitrogens is 2. The normalized spacial score (nSPS) is 10.7. The minimum atomic E-state index is -0.696. The van der Waals surface area contributed by atoms with Crippen molar-refractivity contribution in [1.82, 2.24) is 10.1 Å². The van der Waals surface area contributed by atoms with Crippen LogP contribution >= 0.6 is 0 Å². The number of hydrogen-bond acceptors (Lipinski definition) is 8. The van der Waals surface area contributed by atoms with E-state index in [2.05, 4.69) is 10.1 Å². The summed E-state index contributed by atoms with van der Waals surface area (Å²) in [6.07, 6.45) is 0. The highest BCUT2D eigenvalue weighted by molar-refractivity contribution is 5.87. The van der Waals surface area contributed by atoms with Crippen LogP contribution in [0.4, 0.5) is 5.69 Å². The Hall–Kier alpha value is -4.27. The van der Waals surface area contributed by atoms with E-state index in [-0.39, 0.29) is 23.9 Å². The van der Waals surface area contributed by atoms with Crippen LogP contribution in [-0.2, 0) is 11.3 Å². The van der Waals surface area contributed by atoms with E-state index in [9.17, 15) is 14.9 Å². The molecular weight excluding hydrogens is 390 g/mol. The summed E-state index contributed by atoms with van der Waals surface area (Å²) >= 11 is 0. The molecule has 9 heteroatoms. The van der Waals surface area contributed by atoms with Crippen LogP contribution in [0.15, 0.2) is 69.6 Å². The Balaban J connectivity index is 1.41. The highest BCUT2D eigenvalue weighted by Gasteiger charge is 2.17. The predicted molar refractivity (Wildman–Crippen MR) is 104 cm³/mol. The fraction of sp³-hybridized carbons (Fsp3) is 0.0952. The summed E-state index contributed by atoms with van der Waals surface area (Å²) in [4.78, 5) is 26.7. The molecule has 0 fully saturated rings. The Kier molecular flexibility index (Phi) is 5.08. The lowest BCUT2D eigenvalue weighted by Gasteiger charge is -2.00. The first-order chi connectivity index (χ1) is 14.5. The summed E-state index contributed by atoms with van der Waals surface area (Å²) in [5.41, 5.74) is 2.39. The lowest BCUT2D eigenvalue weighted by Crippen LogP contribution is -2.04. The van der Waals surface area contributed by atoms with Crippen LogP contribution in [0.25, 0.3) is 22.7 Å². The topological polar surface area (TPSA) is 122 Å². The highest BCUT2D eigenvalue weighted by atomic mass is 16.6. The molecule has 30 heavy (non-hydrogen) atoms. The SMILES string of the molecule is Cc1ccccc1-c1noc(COC(=O)c2ccc(-c3ccc([N+](=O)[O-])cc3)o2)n1. The molecule has 9 nitrogen and oxygen atoms in total. The van der Waals surface area contributed by atoms with Gasteiger partial charge in [-0.05, 0) is 36.8 Å². The van der Waals surface area contributed by atoms with E-state index in [0.717, 1.165) is 11.1 Å². The quantitative estimate of drug-likeness (QED) is 0.260. The van der Waals surface area contributed by atoms with Gasteiger partial charge in [-0.1, -0.05) is 29.4 Å². The fourth-order valence-corrected chi connectivity index (χ4v) is 2.80. The van der Waals surface area contributed by atoms with Crippen molar-refractivity contribution < 1.29 is 23.4 Å². The Bertz CT molecular complexity index is 1210. The van der Waals surface area contributed by atoms with Crippen molar-refractivity contribution in [2.24, 2.45) is 0 Å². The van der Waals surface area contributed by atoms with Gasteiger partial charge in [-0.3, -0.25) is 10.1 Å². The zero-order valence-corrected chi connectivity index (χ0v) is 15.8. The molecule has 0 aliphatic rings. The van der Waals surface area contributed by atoms with Crippen molar-refractivity contribution in [3.63, 3.8) is 0 Å². The van der Waals surface area contributed by atoms with Gasteiger partial charge in [0.25, 0.3) is 11.6 Å². The summed E-state index contributed by atoms with van der Waals surface area (Å²) in [6.45, 7) is 1.73. The van der Waals surface area contributed by atoms with Gasteiger partial charge in [0, 0.05) is 23.3 Å². The third-order valence-electron chi connectivity index (χ3n) is 4.35. The zero-order valence-electron chi connectivity index (χ0n) is 15.8. The molecular formula is C21H15N3O6. The molecule has 0 bridgehead atoms. The molecule has 0 radical (unpaired) electrons. The predicted octanol–water partition coefficient (Wildman–Crippen LogP) is 4.57.